The molecule has 5 nitrogen and oxygen atoms in total. The van der Waals surface area contributed by atoms with Crippen molar-refractivity contribution in [1.29, 1.82) is 0 Å². The summed E-state index contributed by atoms with van der Waals surface area (Å²) >= 11 is -3.07. The van der Waals surface area contributed by atoms with E-state index in [2.05, 4.69) is 83.8 Å². The number of benzene rings is 5. The summed E-state index contributed by atoms with van der Waals surface area (Å²) in [6.07, 6.45) is 1.78. The highest BCUT2D eigenvalue weighted by Crippen LogP contribution is 2.28. The number of aromatic nitrogens is 2. The van der Waals surface area contributed by atoms with E-state index in [1.807, 2.05) is 79.7 Å². The van der Waals surface area contributed by atoms with E-state index in [0.29, 0.717) is 11.5 Å². The van der Waals surface area contributed by atoms with Crippen molar-refractivity contribution < 1.29 is 11.1 Å². The maximum atomic E-state index is 7.51. The number of para-hydroxylation sites is 2. The second-order valence-electron chi connectivity index (χ2n) is 10.5. The van der Waals surface area contributed by atoms with Gasteiger partial charge in [0.25, 0.3) is 8.32 Å². The molecule has 0 atom stereocenters. The van der Waals surface area contributed by atoms with E-state index in [4.69, 9.17) is 16.0 Å². The Hall–Kier alpha value is -4.77. The fourth-order valence-corrected chi connectivity index (χ4v) is 12.6. The van der Waals surface area contributed by atoms with Gasteiger partial charge in [-0.05, 0) is 46.7 Å². The first-order valence-corrected chi connectivity index (χ1v) is 17.9. The average molecular weight is 605 g/mol. The molecule has 7 heteroatoms. The van der Waals surface area contributed by atoms with Crippen molar-refractivity contribution in [1.82, 2.24) is 9.97 Å². The maximum Gasteiger partial charge on any atom is 1.09 e. The highest BCUT2D eigenvalue weighted by atomic mass is 28.4. The quantitative estimate of drug-likeness (QED) is 0.145. The summed E-state index contributed by atoms with van der Waals surface area (Å²) in [5, 5.41) is 5.28. The van der Waals surface area contributed by atoms with Crippen molar-refractivity contribution in [2.24, 2.45) is 0 Å². The molecule has 7 rings (SSSR count). The number of rotatable bonds is 9. The Balaban J connectivity index is 1.43. The molecule has 44 heavy (non-hydrogen) atoms. The second-order valence-corrected chi connectivity index (χ2v) is 15.6. The molecule has 0 spiro atoms. The van der Waals surface area contributed by atoms with E-state index >= 15 is 0 Å². The number of hydrogen-bond acceptors (Lipinski definition) is 5. The third-order valence-electron chi connectivity index (χ3n) is 7.68. The van der Waals surface area contributed by atoms with E-state index in [-0.39, 0.29) is 0 Å². The van der Waals surface area contributed by atoms with Crippen LogP contribution in [0.15, 0.2) is 158 Å². The Bertz CT molecular complexity index is 1930. The van der Waals surface area contributed by atoms with E-state index in [1.165, 1.54) is 0 Å². The van der Waals surface area contributed by atoms with Crippen LogP contribution in [0.1, 0.15) is 5.69 Å². The van der Waals surface area contributed by atoms with Gasteiger partial charge in [-0.1, -0.05) is 127 Å². The highest BCUT2D eigenvalue weighted by Gasteiger charge is 2.53. The van der Waals surface area contributed by atoms with Gasteiger partial charge in [-0.25, -0.2) is 4.98 Å². The Morgan fingerprint density at radius 1 is 0.500 bits per heavy atom. The minimum atomic E-state index is -3.17. The molecule has 0 saturated heterocycles. The van der Waals surface area contributed by atoms with Crippen LogP contribution in [0.25, 0.3) is 21.8 Å². The molecule has 0 amide bonds. The number of nitrogens with zero attached hydrogens (tertiary/aromatic N) is 2. The van der Waals surface area contributed by atoms with E-state index in [0.717, 1.165) is 43.1 Å². The molecule has 0 N–H and O–H groups in total. The van der Waals surface area contributed by atoms with E-state index < -0.39 is 23.5 Å². The predicted molar refractivity (Wildman–Crippen MR) is 180 cm³/mol. The first-order valence-electron chi connectivity index (χ1n) is 14.6. The van der Waals surface area contributed by atoms with Crippen molar-refractivity contribution in [2.45, 2.75) is 6.92 Å². The number of fused-ring (bicyclic) bond motifs is 2. The van der Waals surface area contributed by atoms with Crippen LogP contribution in [0.5, 0.6) is 11.5 Å². The van der Waals surface area contributed by atoms with Gasteiger partial charge < -0.3 is 11.1 Å². The molecule has 5 aromatic carbocycles. The van der Waals surface area contributed by atoms with Crippen LogP contribution in [-0.4, -0.2) is 33.4 Å². The number of aryl methyl sites for hydroxylation is 1. The Morgan fingerprint density at radius 3 is 1.57 bits per heavy atom. The van der Waals surface area contributed by atoms with Crippen LogP contribution < -0.4 is 23.1 Å². The van der Waals surface area contributed by atoms with E-state index in [1.54, 1.807) is 6.20 Å². The first-order chi connectivity index (χ1) is 21.7. The van der Waals surface area contributed by atoms with Crippen molar-refractivity contribution >= 4 is 60.8 Å². The summed E-state index contributed by atoms with van der Waals surface area (Å²) in [4.78, 5) is 9.50. The zero-order valence-electron chi connectivity index (χ0n) is 24.2. The van der Waals surface area contributed by atoms with Crippen molar-refractivity contribution in [3.05, 3.63) is 164 Å². The van der Waals surface area contributed by atoms with Crippen molar-refractivity contribution in [3.8, 4) is 11.5 Å². The fraction of sp³-hybridized carbons (Fsp3) is 0.0270. The van der Waals surface area contributed by atoms with Gasteiger partial charge in [0.15, 0.2) is 0 Å². The molecule has 0 radical (unpaired) electrons. The normalized spacial score (nSPS) is 11.4. The standard InChI is InChI=1S/C18H15OSi.C10H9NO.C9H7NO.Al/c19-20(16-10-4-1-5-11-16,17-12-6-2-7-13-17)18-14-8-3-9-15-18;1-7-5-6-8-3-2-4-9(12)10(8)11-7;11-8-5-1-3-7-4-2-6-10-9(7)8;/h1-15H;2-6,12H,1H3;1-6,11H;/q-1;;;+3/p-2. The first kappa shape index (κ1) is 28.0. The minimum Gasteiger partial charge on any atom is -0.587 e. The second kappa shape index (κ2) is 12.5. The van der Waals surface area contributed by atoms with Crippen LogP contribution >= 0.6 is 0 Å². The van der Waals surface area contributed by atoms with Crippen LogP contribution in [0, 0.1) is 6.92 Å². The summed E-state index contributed by atoms with van der Waals surface area (Å²) in [6.45, 7) is 1.98. The lowest BCUT2D eigenvalue weighted by Gasteiger charge is -2.35. The third-order valence-corrected chi connectivity index (χ3v) is 14.2. The minimum absolute atomic E-state index is 0.626. The smallest absolute Gasteiger partial charge is 0.587 e. The molecule has 2 heterocycles. The monoisotopic (exact) mass is 604 g/mol. The molecule has 0 unspecified atom stereocenters. The summed E-state index contributed by atoms with van der Waals surface area (Å²) in [5.41, 5.74) is 2.45. The van der Waals surface area contributed by atoms with Crippen LogP contribution in [0.3, 0.4) is 0 Å². The molecule has 212 valence electrons. The van der Waals surface area contributed by atoms with Gasteiger partial charge in [0.05, 0.1) is 0 Å². The van der Waals surface area contributed by atoms with Crippen molar-refractivity contribution in [2.75, 3.05) is 0 Å². The number of pyridine rings is 2. The lowest BCUT2D eigenvalue weighted by atomic mass is 10.2. The topological polar surface area (TPSA) is 53.5 Å². The molecular weight excluding hydrogens is 575 g/mol. The molecule has 2 aromatic heterocycles. The van der Waals surface area contributed by atoms with Gasteiger partial charge in [0, 0.05) is 22.7 Å². The van der Waals surface area contributed by atoms with Gasteiger partial charge in [-0.3, -0.25) is 4.98 Å². The van der Waals surface area contributed by atoms with Crippen LogP contribution in [0.2, 0.25) is 0 Å². The highest BCUT2D eigenvalue weighted by molar-refractivity contribution is 7.09. The SMILES string of the molecule is Cc1ccc2cccc([O][Al]([O]c3cccc4cccnc34)[O][Si](c3ccccc3)(c3ccccc3)c3ccccc3)c2n1. The molecule has 0 aliphatic rings. The van der Waals surface area contributed by atoms with Crippen molar-refractivity contribution in [3.63, 3.8) is 0 Å². The van der Waals surface area contributed by atoms with Gasteiger partial charge in [0.1, 0.15) is 22.5 Å². The Morgan fingerprint density at radius 2 is 1.00 bits per heavy atom. The molecular formula is C37H29AlN2O3Si. The molecule has 0 aliphatic carbocycles. The summed E-state index contributed by atoms with van der Waals surface area (Å²) in [7, 11) is -3.17. The zero-order chi connectivity index (χ0) is 29.8. The number of hydrogen-bond donors (Lipinski definition) is 0. The Labute approximate surface area is 262 Å². The predicted octanol–water partition coefficient (Wildman–Crippen LogP) is 6.22. The fourth-order valence-electron chi connectivity index (χ4n) is 5.63. The lowest BCUT2D eigenvalue weighted by molar-refractivity contribution is 0.312. The molecule has 0 fully saturated rings. The largest absolute Gasteiger partial charge is 1.09 e. The average Bonchev–Trinajstić information content (AvgIpc) is 3.09. The third kappa shape index (κ3) is 5.50. The van der Waals surface area contributed by atoms with Gasteiger partial charge >= 0.3 is 15.1 Å². The lowest BCUT2D eigenvalue weighted by Crippen LogP contribution is -2.72. The zero-order valence-corrected chi connectivity index (χ0v) is 26.4. The van der Waals surface area contributed by atoms with Gasteiger partial charge in [-0.2, -0.15) is 0 Å². The molecule has 0 aliphatic heterocycles. The van der Waals surface area contributed by atoms with Gasteiger partial charge in [0.2, 0.25) is 0 Å². The van der Waals surface area contributed by atoms with Crippen LogP contribution in [-0.2, 0) is 3.48 Å². The summed E-state index contributed by atoms with van der Waals surface area (Å²) < 4.78 is 21.3. The molecule has 0 saturated carbocycles. The summed E-state index contributed by atoms with van der Waals surface area (Å²) in [5.74, 6) is 1.26. The van der Waals surface area contributed by atoms with Gasteiger partial charge in [-0.15, -0.1) is 0 Å². The Kier molecular flexibility index (Phi) is 7.93. The molecule has 7 aromatic rings. The summed E-state index contributed by atoms with van der Waals surface area (Å²) in [6, 6.07) is 51.4. The van der Waals surface area contributed by atoms with Crippen LogP contribution in [0.4, 0.5) is 0 Å². The van der Waals surface area contributed by atoms with E-state index in [9.17, 15) is 0 Å². The molecule has 0 bridgehead atoms. The maximum absolute atomic E-state index is 7.51.